The molecule has 0 saturated heterocycles. The summed E-state index contributed by atoms with van der Waals surface area (Å²) in [7, 11) is 1.82. The number of para-hydroxylation sites is 2. The van der Waals surface area contributed by atoms with Crippen molar-refractivity contribution in [3.8, 4) is 11.5 Å². The highest BCUT2D eigenvalue weighted by molar-refractivity contribution is 5.23. The zero-order chi connectivity index (χ0) is 108. The monoisotopic (exact) mass is 1900 g/mol. The summed E-state index contributed by atoms with van der Waals surface area (Å²) < 4.78 is 23.4. The van der Waals surface area contributed by atoms with E-state index in [1.54, 1.807) is 0 Å². The highest BCUT2D eigenvalue weighted by atomic mass is 16.5. The molecule has 1 N–H and O–H groups in total. The van der Waals surface area contributed by atoms with Gasteiger partial charge in [0.25, 0.3) is 0 Å². The summed E-state index contributed by atoms with van der Waals surface area (Å²) in [6, 6.07) is 42.2. The fraction of sp³-hybridized carbons (Fsp3) is 0.817. The minimum atomic E-state index is -0.148. The molecule has 0 aliphatic rings. The third kappa shape index (κ3) is 108. The molecule has 0 bridgehead atoms. The van der Waals surface area contributed by atoms with Crippen LogP contribution in [0.15, 0.2) is 121 Å². The minimum absolute atomic E-state index is 0.148. The van der Waals surface area contributed by atoms with Crippen molar-refractivity contribution in [1.82, 2.24) is 0 Å². The summed E-state index contributed by atoms with van der Waals surface area (Å²) in [5.74, 6) is 5.79. The SMILES string of the molecule is CC(C)(C)CC(CC(C)(C)C)Oc1ccccc1.CC(C)(C)CC(CC(C)(C)C)c1ccccc1.CC(C)(C)CC(COc1ccccc1)CC(C)(C)C.CC(C)(C)CC(Cc1ccccc1)CC(C)(C)C.CC(C)(C)CC(O)CC(C)(C)C.CC(CC(C)(C)C)CC(C)(C)C.CCC(CC(C)(C)C)CC(C)(C)C.CCOC(CC(C)(C)C)CC(C)(C)C.COC(CC(C)(C)C)CC(C)(C)C. The Kier molecular flexibility index (Phi) is 64.5. The van der Waals surface area contributed by atoms with E-state index in [-0.39, 0.29) is 23.0 Å². The summed E-state index contributed by atoms with van der Waals surface area (Å²) in [4.78, 5) is 0. The number of ether oxygens (including phenoxy) is 4. The second-order valence-corrected chi connectivity index (χ2v) is 63.9. The fourth-order valence-corrected chi connectivity index (χ4v) is 19.4. The maximum atomic E-state index is 9.72. The Morgan fingerprint density at radius 3 is 0.735 bits per heavy atom. The van der Waals surface area contributed by atoms with Crippen molar-refractivity contribution >= 4 is 0 Å². The lowest BCUT2D eigenvalue weighted by atomic mass is 9.74. The van der Waals surface area contributed by atoms with Gasteiger partial charge in [0.05, 0.1) is 31.0 Å². The molecule has 0 aliphatic carbocycles. The van der Waals surface area contributed by atoms with Crippen LogP contribution in [0.4, 0.5) is 0 Å². The molecule has 0 atom stereocenters. The van der Waals surface area contributed by atoms with Crippen molar-refractivity contribution in [3.05, 3.63) is 132 Å². The van der Waals surface area contributed by atoms with E-state index in [1.165, 1.54) is 88.2 Å². The van der Waals surface area contributed by atoms with Gasteiger partial charge in [0.1, 0.15) is 11.5 Å². The van der Waals surface area contributed by atoms with Crippen LogP contribution in [-0.2, 0) is 15.9 Å². The second kappa shape index (κ2) is 62.3. The van der Waals surface area contributed by atoms with Crippen molar-refractivity contribution in [2.45, 2.75) is 553 Å². The Morgan fingerprint density at radius 2 is 0.478 bits per heavy atom. The molecule has 0 radical (unpaired) electrons. The van der Waals surface area contributed by atoms with Crippen LogP contribution in [0.2, 0.25) is 0 Å². The first-order valence-corrected chi connectivity index (χ1v) is 54.6. The van der Waals surface area contributed by atoms with Crippen LogP contribution in [0.25, 0.3) is 0 Å². The Labute approximate surface area is 857 Å². The molecule has 4 aromatic rings. The fourth-order valence-electron chi connectivity index (χ4n) is 19.4. The zero-order valence-electron chi connectivity index (χ0n) is 103. The summed E-state index contributed by atoms with van der Waals surface area (Å²) in [5, 5.41) is 9.72. The molecule has 136 heavy (non-hydrogen) atoms. The number of aliphatic hydroxyl groups is 1. The lowest BCUT2D eigenvalue weighted by Crippen LogP contribution is -2.28. The average molecular weight is 1900 g/mol. The van der Waals surface area contributed by atoms with Crippen LogP contribution >= 0.6 is 0 Å². The molecule has 802 valence electrons. The first-order valence-electron chi connectivity index (χ1n) is 54.6. The van der Waals surface area contributed by atoms with Gasteiger partial charge in [-0.05, 0) is 291 Å². The first-order chi connectivity index (χ1) is 60.3. The van der Waals surface area contributed by atoms with Crippen LogP contribution in [0.3, 0.4) is 0 Å². The summed E-state index contributed by atoms with van der Waals surface area (Å²) in [6.07, 6.45) is 25.0. The van der Waals surface area contributed by atoms with Crippen molar-refractivity contribution in [1.29, 1.82) is 0 Å². The molecule has 0 amide bonds. The van der Waals surface area contributed by atoms with Gasteiger partial charge < -0.3 is 24.1 Å². The third-order valence-corrected chi connectivity index (χ3v) is 22.0. The summed E-state index contributed by atoms with van der Waals surface area (Å²) in [5.41, 5.74) is 9.83. The van der Waals surface area contributed by atoms with E-state index < -0.39 is 0 Å². The topological polar surface area (TPSA) is 57.2 Å². The van der Waals surface area contributed by atoms with Gasteiger partial charge in [-0.15, -0.1) is 0 Å². The molecule has 0 unspecified atom stereocenters. The molecular weight excluding hydrogens is 1650 g/mol. The van der Waals surface area contributed by atoms with Crippen molar-refractivity contribution in [2.75, 3.05) is 20.3 Å². The quantitative estimate of drug-likeness (QED) is 0.0564. The molecule has 0 saturated carbocycles. The van der Waals surface area contributed by atoms with Crippen LogP contribution < -0.4 is 9.47 Å². The number of benzene rings is 4. The number of rotatable bonds is 30. The lowest BCUT2D eigenvalue weighted by molar-refractivity contribution is 0.00800. The van der Waals surface area contributed by atoms with E-state index in [0.717, 1.165) is 93.8 Å². The maximum absolute atomic E-state index is 9.72. The van der Waals surface area contributed by atoms with Gasteiger partial charge in [-0.3, -0.25) is 0 Å². The van der Waals surface area contributed by atoms with E-state index >= 15 is 0 Å². The zero-order valence-corrected chi connectivity index (χ0v) is 103. The molecule has 0 heterocycles. The molecule has 5 heteroatoms. The van der Waals surface area contributed by atoms with Crippen LogP contribution in [0.1, 0.15) is 534 Å². The van der Waals surface area contributed by atoms with E-state index in [1.807, 2.05) is 67.8 Å². The van der Waals surface area contributed by atoms with Crippen LogP contribution in [-0.4, -0.2) is 49.8 Å². The number of hydrogen-bond acceptors (Lipinski definition) is 5. The van der Waals surface area contributed by atoms with Crippen molar-refractivity contribution in [2.24, 2.45) is 121 Å². The maximum Gasteiger partial charge on any atom is 0.119 e. The smallest absolute Gasteiger partial charge is 0.119 e. The number of aliphatic hydroxyl groups excluding tert-OH is 1. The highest BCUT2D eigenvalue weighted by Crippen LogP contribution is 2.43. The lowest BCUT2D eigenvalue weighted by Gasteiger charge is -2.31. The molecule has 5 nitrogen and oxygen atoms in total. The van der Waals surface area contributed by atoms with Gasteiger partial charge in [0.15, 0.2) is 0 Å². The van der Waals surface area contributed by atoms with Gasteiger partial charge in [0, 0.05) is 13.7 Å². The molecule has 0 spiro atoms. The molecule has 0 fully saturated rings. The second-order valence-electron chi connectivity index (χ2n) is 63.9. The molecule has 4 rings (SSSR count). The van der Waals surface area contributed by atoms with Gasteiger partial charge in [0.2, 0.25) is 0 Å². The minimum Gasteiger partial charge on any atom is -0.493 e. The highest BCUT2D eigenvalue weighted by Gasteiger charge is 2.33. The standard InChI is InChI=1S/C18H30O.C18H30.C17H28O.C17H28.C13H28O.C13H28.C12H26O.C12H26.C11H24O/c1-17(2,3)12-15(13-18(4,5)6)14-19-16-10-8-7-9-11-16;1-17(2,3)13-16(14-18(4,5)6)12-15-10-8-7-9-11-15;1-16(2,3)12-15(13-17(4,5)6)18-14-10-8-7-9-11-14;1-16(2,3)12-15(13-17(4,5)6)14-10-8-7-9-11-14;1-8-14-11(9-12(2,3)4)10-13(5,6)7;1-8-11(9-12(2,3)4)10-13(5,6)7;1-11(2,3)8-10(13-7)9-12(4,5)6;1-10(8-11(2,3)4)9-12(5,6)7;1-10(2,3)7-9(12)8-11(4,5)6/h7-11,15H,12-14H2,1-6H3;7-11,16H,12-14H2,1-6H3;7-11,15H,12-13H2,1-6H3;7-11,15H,12-13H2,1-6H3;11H,8-10H2,1-7H3;11H,8-10H2,1-7H3;10H,8-9H2,1-7H3;10H,8-9H2,1-7H3;9,12H,7-8H2,1-6H3. The predicted octanol–water partition coefficient (Wildman–Crippen LogP) is 43.0. The number of hydrogen-bond donors (Lipinski definition) is 1. The third-order valence-electron chi connectivity index (χ3n) is 22.0. The Hall–Kier alpha value is -3.64. The van der Waals surface area contributed by atoms with Crippen molar-refractivity contribution in [3.63, 3.8) is 0 Å². The summed E-state index contributed by atoms with van der Waals surface area (Å²) >= 11 is 0. The molecule has 4 aromatic carbocycles. The Balaban J connectivity index is -0.000000476. The van der Waals surface area contributed by atoms with E-state index in [0.29, 0.717) is 111 Å². The van der Waals surface area contributed by atoms with Crippen molar-refractivity contribution < 1.29 is 24.1 Å². The van der Waals surface area contributed by atoms with Gasteiger partial charge in [-0.2, -0.15) is 0 Å². The van der Waals surface area contributed by atoms with Gasteiger partial charge >= 0.3 is 0 Å². The molecule has 0 aliphatic heterocycles. The average Bonchev–Trinajstić information content (AvgIpc) is 0.845. The van der Waals surface area contributed by atoms with Gasteiger partial charge in [-0.25, -0.2) is 0 Å². The first kappa shape index (κ1) is 141. The Morgan fingerprint density at radius 1 is 0.243 bits per heavy atom. The van der Waals surface area contributed by atoms with E-state index in [9.17, 15) is 5.11 Å². The molecular formula is C131H248O5. The molecule has 0 aromatic heterocycles. The van der Waals surface area contributed by atoms with E-state index in [4.69, 9.17) is 18.9 Å². The number of methoxy groups -OCH3 is 1. The van der Waals surface area contributed by atoms with E-state index in [2.05, 4.69) is 455 Å². The summed E-state index contributed by atoms with van der Waals surface area (Å²) in [6.45, 7) is 132. The normalized spacial score (nSPS) is 13.4. The van der Waals surface area contributed by atoms with Crippen LogP contribution in [0, 0.1) is 121 Å². The largest absolute Gasteiger partial charge is 0.493 e. The predicted molar refractivity (Wildman–Crippen MR) is 618 cm³/mol. The van der Waals surface area contributed by atoms with Crippen LogP contribution in [0.5, 0.6) is 11.5 Å². The Bertz CT molecular complexity index is 3180. The van der Waals surface area contributed by atoms with Gasteiger partial charge in [-0.1, -0.05) is 491 Å².